The number of aromatic amines is 1. The molecular weight excluding hydrogens is 488 g/mol. The first-order valence-electron chi connectivity index (χ1n) is 12.2. The number of aromatic nitrogens is 5. The van der Waals surface area contributed by atoms with E-state index in [1.807, 2.05) is 48.7 Å². The van der Waals surface area contributed by atoms with Crippen molar-refractivity contribution in [2.24, 2.45) is 13.0 Å². The van der Waals surface area contributed by atoms with Gasteiger partial charge in [-0.3, -0.25) is 9.89 Å². The number of fused-ring (bicyclic) bond motifs is 1. The highest BCUT2D eigenvalue weighted by molar-refractivity contribution is 5.99. The number of benzene rings is 2. The van der Waals surface area contributed by atoms with Crippen LogP contribution in [0.2, 0.25) is 0 Å². The molecule has 6 rings (SSSR count). The number of carbonyl (C=O) groups is 1. The maximum absolute atomic E-state index is 14.0. The van der Waals surface area contributed by atoms with Gasteiger partial charge in [0.15, 0.2) is 5.82 Å². The third-order valence-corrected chi connectivity index (χ3v) is 7.07. The molecule has 0 saturated carbocycles. The average Bonchev–Trinajstić information content (AvgIpc) is 3.63. The second kappa shape index (κ2) is 9.05. The van der Waals surface area contributed by atoms with Gasteiger partial charge in [0.25, 0.3) is 11.8 Å². The predicted molar refractivity (Wildman–Crippen MR) is 141 cm³/mol. The second-order valence-electron chi connectivity index (χ2n) is 9.66. The van der Waals surface area contributed by atoms with Crippen molar-refractivity contribution >= 4 is 28.3 Å². The van der Waals surface area contributed by atoms with Crippen LogP contribution in [0.4, 0.5) is 20.3 Å². The van der Waals surface area contributed by atoms with E-state index >= 15 is 0 Å². The van der Waals surface area contributed by atoms with Crippen molar-refractivity contribution in [2.75, 3.05) is 18.4 Å². The van der Waals surface area contributed by atoms with Crippen LogP contribution in [0.3, 0.4) is 0 Å². The Morgan fingerprint density at radius 1 is 1.08 bits per heavy atom. The van der Waals surface area contributed by atoms with Crippen LogP contribution < -0.4 is 5.32 Å². The summed E-state index contributed by atoms with van der Waals surface area (Å²) in [6, 6.07) is 17.2. The molecule has 1 amide bonds. The standard InChI is InChI=1S/C28H25F2N7O/c1-17-15-37(16-28(17,29)30)27(38)24-11-19-3-4-20(12-23(19)36(24)2)26-31-10-9-25(35-26)34-22-7-5-18(6-8-22)21-13-32-33-14-21/h3-14,17H,15-16H2,1-2H3,(H,32,33)(H,31,34,35). The lowest BCUT2D eigenvalue weighted by Crippen LogP contribution is -2.32. The van der Waals surface area contributed by atoms with Gasteiger partial charge in [0.05, 0.1) is 12.7 Å². The van der Waals surface area contributed by atoms with E-state index in [4.69, 9.17) is 0 Å². The summed E-state index contributed by atoms with van der Waals surface area (Å²) in [5, 5.41) is 10.9. The summed E-state index contributed by atoms with van der Waals surface area (Å²) < 4.78 is 29.8. The molecule has 8 nitrogen and oxygen atoms in total. The van der Waals surface area contributed by atoms with Crippen LogP contribution in [0, 0.1) is 5.92 Å². The van der Waals surface area contributed by atoms with Crippen LogP contribution in [-0.4, -0.2) is 54.6 Å². The highest BCUT2D eigenvalue weighted by atomic mass is 19.3. The van der Waals surface area contributed by atoms with Crippen LogP contribution in [0.15, 0.2) is 73.2 Å². The molecule has 1 aliphatic rings. The number of nitrogens with zero attached hydrogens (tertiary/aromatic N) is 5. The molecule has 2 N–H and O–H groups in total. The number of rotatable bonds is 5. The summed E-state index contributed by atoms with van der Waals surface area (Å²) in [5.74, 6) is -2.96. The van der Waals surface area contributed by atoms with Gasteiger partial charge >= 0.3 is 0 Å². The number of alkyl halides is 2. The molecule has 3 aromatic heterocycles. The molecule has 1 saturated heterocycles. The maximum atomic E-state index is 14.0. The minimum atomic E-state index is -2.87. The lowest BCUT2D eigenvalue weighted by molar-refractivity contribution is -0.0202. The first-order valence-corrected chi connectivity index (χ1v) is 12.2. The summed E-state index contributed by atoms with van der Waals surface area (Å²) in [4.78, 5) is 23.4. The molecule has 4 heterocycles. The number of amides is 1. The van der Waals surface area contributed by atoms with Gasteiger partial charge in [0.2, 0.25) is 0 Å². The zero-order valence-electron chi connectivity index (χ0n) is 20.8. The van der Waals surface area contributed by atoms with E-state index in [2.05, 4.69) is 25.5 Å². The van der Waals surface area contributed by atoms with Gasteiger partial charge in [0.1, 0.15) is 11.5 Å². The van der Waals surface area contributed by atoms with Gasteiger partial charge in [0, 0.05) is 59.6 Å². The smallest absolute Gasteiger partial charge is 0.270 e. The van der Waals surface area contributed by atoms with Gasteiger partial charge in [-0.25, -0.2) is 18.7 Å². The van der Waals surface area contributed by atoms with E-state index in [9.17, 15) is 13.6 Å². The molecule has 10 heteroatoms. The zero-order chi connectivity index (χ0) is 26.4. The van der Waals surface area contributed by atoms with Gasteiger partial charge in [-0.2, -0.15) is 5.10 Å². The molecule has 1 atom stereocenters. The summed E-state index contributed by atoms with van der Waals surface area (Å²) in [7, 11) is 1.77. The summed E-state index contributed by atoms with van der Waals surface area (Å²) in [6.45, 7) is 0.956. The molecule has 0 radical (unpaired) electrons. The molecule has 1 aliphatic heterocycles. The molecule has 192 valence electrons. The number of hydrogen-bond acceptors (Lipinski definition) is 5. The Kier molecular flexibility index (Phi) is 5.67. The van der Waals surface area contributed by atoms with Gasteiger partial charge < -0.3 is 14.8 Å². The van der Waals surface area contributed by atoms with Crippen molar-refractivity contribution in [1.29, 1.82) is 0 Å². The Labute approximate surface area is 217 Å². The molecule has 38 heavy (non-hydrogen) atoms. The maximum Gasteiger partial charge on any atom is 0.270 e. The first kappa shape index (κ1) is 23.8. The number of likely N-dealkylation sites (tertiary alicyclic amines) is 1. The fourth-order valence-corrected chi connectivity index (χ4v) is 4.80. The van der Waals surface area contributed by atoms with E-state index in [-0.39, 0.29) is 6.54 Å². The topological polar surface area (TPSA) is 91.7 Å². The molecule has 1 fully saturated rings. The lowest BCUT2D eigenvalue weighted by atomic mass is 10.1. The minimum Gasteiger partial charge on any atom is -0.340 e. The predicted octanol–water partition coefficient (Wildman–Crippen LogP) is 5.50. The van der Waals surface area contributed by atoms with Gasteiger partial charge in [-0.05, 0) is 35.9 Å². The SMILES string of the molecule is CC1CN(C(=O)c2cc3ccc(-c4nccc(Nc5ccc(-c6cn[nH]c6)cc5)n4)cc3n2C)CC1(F)F. The van der Waals surface area contributed by atoms with E-state index < -0.39 is 24.3 Å². The van der Waals surface area contributed by atoms with Crippen LogP contribution in [-0.2, 0) is 7.05 Å². The largest absolute Gasteiger partial charge is 0.340 e. The average molecular weight is 514 g/mol. The Morgan fingerprint density at radius 2 is 1.87 bits per heavy atom. The lowest BCUT2D eigenvalue weighted by Gasteiger charge is -2.16. The van der Waals surface area contributed by atoms with Crippen molar-refractivity contribution in [3.63, 3.8) is 0 Å². The molecule has 0 aliphatic carbocycles. The third kappa shape index (κ3) is 4.27. The summed E-state index contributed by atoms with van der Waals surface area (Å²) in [6.07, 6.45) is 5.29. The molecule has 2 aromatic carbocycles. The van der Waals surface area contributed by atoms with Gasteiger partial charge in [-0.15, -0.1) is 0 Å². The number of anilines is 2. The number of carbonyl (C=O) groups excluding carboxylic acids is 1. The normalized spacial score (nSPS) is 16.7. The summed E-state index contributed by atoms with van der Waals surface area (Å²) >= 11 is 0. The fraction of sp³-hybridized carbons (Fsp3) is 0.214. The first-order chi connectivity index (χ1) is 18.3. The number of hydrogen-bond donors (Lipinski definition) is 2. The molecule has 0 bridgehead atoms. The van der Waals surface area contributed by atoms with Crippen LogP contribution in [0.5, 0.6) is 0 Å². The second-order valence-corrected chi connectivity index (χ2v) is 9.66. The Bertz CT molecular complexity index is 1630. The highest BCUT2D eigenvalue weighted by Crippen LogP contribution is 2.34. The number of halogens is 2. The Balaban J connectivity index is 1.24. The van der Waals surface area contributed by atoms with Crippen molar-refractivity contribution in [3.05, 3.63) is 78.9 Å². The van der Waals surface area contributed by atoms with E-state index in [1.165, 1.54) is 11.8 Å². The zero-order valence-corrected chi connectivity index (χ0v) is 20.8. The monoisotopic (exact) mass is 513 g/mol. The Hall–Kier alpha value is -4.60. The summed E-state index contributed by atoms with van der Waals surface area (Å²) in [5.41, 5.74) is 4.88. The molecule has 0 spiro atoms. The fourth-order valence-electron chi connectivity index (χ4n) is 4.80. The Morgan fingerprint density at radius 3 is 2.58 bits per heavy atom. The highest BCUT2D eigenvalue weighted by Gasteiger charge is 2.47. The van der Waals surface area contributed by atoms with Crippen LogP contribution >= 0.6 is 0 Å². The third-order valence-electron chi connectivity index (χ3n) is 7.07. The quantitative estimate of drug-likeness (QED) is 0.324. The van der Waals surface area contributed by atoms with Crippen molar-refractivity contribution in [1.82, 2.24) is 29.6 Å². The van der Waals surface area contributed by atoms with Gasteiger partial charge in [-0.1, -0.05) is 31.2 Å². The number of nitrogens with one attached hydrogen (secondary N) is 2. The van der Waals surface area contributed by atoms with Crippen LogP contribution in [0.1, 0.15) is 17.4 Å². The van der Waals surface area contributed by atoms with Crippen LogP contribution in [0.25, 0.3) is 33.4 Å². The van der Waals surface area contributed by atoms with E-state index in [0.29, 0.717) is 17.3 Å². The van der Waals surface area contributed by atoms with Crippen molar-refractivity contribution in [2.45, 2.75) is 12.8 Å². The molecule has 1 unspecified atom stereocenters. The van der Waals surface area contributed by atoms with Crippen molar-refractivity contribution < 1.29 is 13.6 Å². The molecular formula is C28H25F2N7O. The number of H-pyrrole nitrogens is 1. The minimum absolute atomic E-state index is 0.0400. The van der Waals surface area contributed by atoms with E-state index in [0.717, 1.165) is 33.3 Å². The van der Waals surface area contributed by atoms with E-state index in [1.54, 1.807) is 36.1 Å². The van der Waals surface area contributed by atoms with Crippen molar-refractivity contribution in [3.8, 4) is 22.5 Å². The molecule has 5 aromatic rings. The number of aryl methyl sites for hydroxylation is 1.